The van der Waals surface area contributed by atoms with Crippen molar-refractivity contribution in [1.82, 2.24) is 9.58 Å². The number of carbonyl (C=O) groups excluding carboxylic acids is 1. The van der Waals surface area contributed by atoms with Crippen LogP contribution in [-0.2, 0) is 0 Å². The van der Waals surface area contributed by atoms with E-state index >= 15 is 0 Å². The van der Waals surface area contributed by atoms with Crippen molar-refractivity contribution in [3.05, 3.63) is 92.9 Å². The van der Waals surface area contributed by atoms with Crippen LogP contribution in [0.5, 0.6) is 11.5 Å². The highest BCUT2D eigenvalue weighted by atomic mass is 19.2. The monoisotopic (exact) mass is 475 g/mol. The van der Waals surface area contributed by atoms with E-state index in [-0.39, 0.29) is 35.6 Å². The normalized spacial score (nSPS) is 19.5. The van der Waals surface area contributed by atoms with Gasteiger partial charge in [-0.15, -0.1) is 0 Å². The number of fused-ring (bicyclic) bond motifs is 4. The van der Waals surface area contributed by atoms with Gasteiger partial charge in [0.1, 0.15) is 18.0 Å². The lowest BCUT2D eigenvalue weighted by molar-refractivity contribution is 0.0573. The van der Waals surface area contributed by atoms with Crippen molar-refractivity contribution in [2.24, 2.45) is 0 Å². The number of aromatic hydroxyl groups is 1. The molecule has 176 valence electrons. The number of nitrogens with zero attached hydrogens (tertiary/aromatic N) is 3. The highest BCUT2D eigenvalue weighted by molar-refractivity contribution is 5.96. The van der Waals surface area contributed by atoms with Crippen LogP contribution in [0.3, 0.4) is 0 Å². The van der Waals surface area contributed by atoms with Crippen LogP contribution in [0.2, 0.25) is 0 Å². The predicted octanol–water partition coefficient (Wildman–Crippen LogP) is 3.03. The molecule has 0 fully saturated rings. The van der Waals surface area contributed by atoms with Crippen molar-refractivity contribution < 1.29 is 32.2 Å². The van der Waals surface area contributed by atoms with E-state index in [2.05, 4.69) is 0 Å². The molecule has 3 heterocycles. The van der Waals surface area contributed by atoms with Gasteiger partial charge in [0.05, 0.1) is 6.61 Å². The molecule has 0 bridgehead atoms. The maximum absolute atomic E-state index is 14.4. The maximum Gasteiger partial charge on any atom is 0.277 e. The second-order valence-corrected chi connectivity index (χ2v) is 8.02. The maximum atomic E-state index is 14.4. The molecular weight excluding hydrogens is 458 g/mol. The third kappa shape index (κ3) is 3.18. The van der Waals surface area contributed by atoms with Crippen LogP contribution in [0, 0.1) is 23.3 Å². The molecule has 1 amide bonds. The minimum atomic E-state index is -1.20. The Morgan fingerprint density at radius 3 is 2.41 bits per heavy atom. The van der Waals surface area contributed by atoms with Gasteiger partial charge in [-0.05, 0) is 23.8 Å². The lowest BCUT2D eigenvalue weighted by atomic mass is 9.94. The van der Waals surface area contributed by atoms with Crippen molar-refractivity contribution in [3.63, 3.8) is 0 Å². The molecule has 0 aliphatic carbocycles. The van der Waals surface area contributed by atoms with E-state index < -0.39 is 52.6 Å². The molecule has 0 radical (unpaired) electrons. The van der Waals surface area contributed by atoms with Gasteiger partial charge in [0.2, 0.25) is 5.43 Å². The van der Waals surface area contributed by atoms with Gasteiger partial charge >= 0.3 is 0 Å². The average Bonchev–Trinajstić information content (AvgIpc) is 2.79. The molecule has 0 saturated carbocycles. The van der Waals surface area contributed by atoms with Crippen molar-refractivity contribution in [1.29, 1.82) is 0 Å². The van der Waals surface area contributed by atoms with Crippen molar-refractivity contribution in [2.75, 3.05) is 18.7 Å². The van der Waals surface area contributed by atoms with Crippen molar-refractivity contribution >= 4 is 5.91 Å². The highest BCUT2D eigenvalue weighted by Crippen LogP contribution is 2.41. The van der Waals surface area contributed by atoms with Gasteiger partial charge in [-0.25, -0.2) is 17.6 Å². The minimum Gasteiger partial charge on any atom is -0.502 e. The first-order chi connectivity index (χ1) is 16.2. The summed E-state index contributed by atoms with van der Waals surface area (Å²) in [4.78, 5) is 26.4. The number of hydrogen-bond donors (Lipinski definition) is 1. The number of rotatable bonds is 1. The van der Waals surface area contributed by atoms with Crippen LogP contribution in [-0.4, -0.2) is 40.4 Å². The van der Waals surface area contributed by atoms with Crippen molar-refractivity contribution in [2.45, 2.75) is 18.6 Å². The van der Waals surface area contributed by atoms with E-state index in [0.717, 1.165) is 30.3 Å². The first-order valence-electron chi connectivity index (χ1n) is 10.3. The molecule has 1 unspecified atom stereocenters. The van der Waals surface area contributed by atoms with Gasteiger partial charge in [0.15, 0.2) is 34.7 Å². The summed E-state index contributed by atoms with van der Waals surface area (Å²) in [6.07, 6.45) is 0.651. The smallest absolute Gasteiger partial charge is 0.277 e. The number of halogens is 4. The molecule has 3 aromatic rings. The molecule has 0 spiro atoms. The molecule has 2 atom stereocenters. The number of aromatic nitrogens is 1. The van der Waals surface area contributed by atoms with Gasteiger partial charge in [0.25, 0.3) is 5.91 Å². The zero-order chi connectivity index (χ0) is 24.3. The third-order valence-electron chi connectivity index (χ3n) is 6.08. The number of amides is 1. The molecule has 34 heavy (non-hydrogen) atoms. The Morgan fingerprint density at radius 1 is 0.971 bits per heavy atom. The Bertz CT molecular complexity index is 1390. The van der Waals surface area contributed by atoms with Gasteiger partial charge in [-0.2, -0.15) is 0 Å². The topological polar surface area (TPSA) is 75.0 Å². The Balaban J connectivity index is 1.86. The fourth-order valence-corrected chi connectivity index (χ4v) is 4.47. The number of carbonyl (C=O) groups is 1. The standard InChI is InChI=1S/C23H17F4N3O4/c1-28-19-5-7-34-18-10-16(27)15(26)9-12(18)20(11-2-3-13(24)14(25)8-11)30(19)29-6-4-17(31)22(32)21(29)23(28)33/h2-4,6,8-10,19-20,32H,5,7H2,1H3/t19?,20-/m1/s1. The van der Waals surface area contributed by atoms with Crippen LogP contribution in [0.4, 0.5) is 17.6 Å². The zero-order valence-electron chi connectivity index (χ0n) is 17.6. The summed E-state index contributed by atoms with van der Waals surface area (Å²) in [6.45, 7) is 0.00285. The van der Waals surface area contributed by atoms with Crippen LogP contribution >= 0.6 is 0 Å². The third-order valence-corrected chi connectivity index (χ3v) is 6.08. The fraction of sp³-hybridized carbons (Fsp3) is 0.217. The lowest BCUT2D eigenvalue weighted by Crippen LogP contribution is -2.62. The van der Waals surface area contributed by atoms with Gasteiger partial charge in [-0.3, -0.25) is 19.3 Å². The summed E-state index contributed by atoms with van der Waals surface area (Å²) in [5.74, 6) is -6.13. The molecule has 2 aliphatic rings. The molecule has 0 saturated heterocycles. The second-order valence-electron chi connectivity index (χ2n) is 8.02. The first kappa shape index (κ1) is 21.8. The Kier molecular flexibility index (Phi) is 4.99. The van der Waals surface area contributed by atoms with E-state index in [1.165, 1.54) is 33.9 Å². The Hall–Kier alpha value is -4.02. The summed E-state index contributed by atoms with van der Waals surface area (Å²) in [5, 5.41) is 11.9. The number of benzene rings is 2. The van der Waals surface area contributed by atoms with Crippen LogP contribution < -0.4 is 15.2 Å². The van der Waals surface area contributed by atoms with Crippen molar-refractivity contribution in [3.8, 4) is 11.5 Å². The van der Waals surface area contributed by atoms with E-state index in [4.69, 9.17) is 4.74 Å². The molecule has 2 aliphatic heterocycles. The Labute approximate surface area is 190 Å². The van der Waals surface area contributed by atoms with E-state index in [1.807, 2.05) is 0 Å². The van der Waals surface area contributed by atoms with Gasteiger partial charge < -0.3 is 14.7 Å². The first-order valence-corrected chi connectivity index (χ1v) is 10.3. The summed E-state index contributed by atoms with van der Waals surface area (Å²) in [5.41, 5.74) is -0.945. The highest BCUT2D eigenvalue weighted by Gasteiger charge is 2.43. The largest absolute Gasteiger partial charge is 0.502 e. The van der Waals surface area contributed by atoms with Gasteiger partial charge in [-0.1, -0.05) is 6.07 Å². The van der Waals surface area contributed by atoms with E-state index in [1.54, 1.807) is 0 Å². The summed E-state index contributed by atoms with van der Waals surface area (Å²) in [7, 11) is 1.44. The zero-order valence-corrected chi connectivity index (χ0v) is 17.6. The Morgan fingerprint density at radius 2 is 1.68 bits per heavy atom. The molecule has 5 rings (SSSR count). The van der Waals surface area contributed by atoms with Gasteiger partial charge in [0, 0.05) is 37.4 Å². The lowest BCUT2D eigenvalue weighted by Gasteiger charge is -2.49. The predicted molar refractivity (Wildman–Crippen MR) is 111 cm³/mol. The van der Waals surface area contributed by atoms with E-state index in [9.17, 15) is 32.3 Å². The SMILES string of the molecule is CN1C(=O)c2c(O)c(=O)ccn2N2C1CCOc1cc(F)c(F)cc1[C@H]2c1ccc(F)c(F)c1. The van der Waals surface area contributed by atoms with Crippen LogP contribution in [0.1, 0.15) is 34.1 Å². The molecule has 7 nitrogen and oxygen atoms in total. The quantitative estimate of drug-likeness (QED) is 0.548. The summed E-state index contributed by atoms with van der Waals surface area (Å²) < 4.78 is 63.5. The second kappa shape index (κ2) is 7.79. The minimum absolute atomic E-state index is 0.00285. The average molecular weight is 475 g/mol. The van der Waals surface area contributed by atoms with Crippen LogP contribution in [0.15, 0.2) is 47.4 Å². The number of pyridine rings is 1. The molecule has 11 heteroatoms. The molecule has 1 N–H and O–H groups in total. The summed E-state index contributed by atoms with van der Waals surface area (Å²) >= 11 is 0. The molecular formula is C23H17F4N3O4. The number of hydrogen-bond acceptors (Lipinski definition) is 5. The number of ether oxygens (including phenoxy) is 1. The van der Waals surface area contributed by atoms with Crippen LogP contribution in [0.25, 0.3) is 0 Å². The van der Waals surface area contributed by atoms with E-state index in [0.29, 0.717) is 0 Å². The fourth-order valence-electron chi connectivity index (χ4n) is 4.47. The summed E-state index contributed by atoms with van der Waals surface area (Å²) in [6, 6.07) is 4.71. The molecule has 1 aromatic heterocycles. The molecule has 2 aromatic carbocycles.